The smallest absolute Gasteiger partial charge is 0.234 e. The Balaban J connectivity index is 1.85. The predicted octanol–water partition coefficient (Wildman–Crippen LogP) is 1.70. The third-order valence-electron chi connectivity index (χ3n) is 4.46. The zero-order valence-electron chi connectivity index (χ0n) is 17.9. The average Bonchev–Trinajstić information content (AvgIpc) is 2.65. The Hall–Kier alpha value is -2.35. The van der Waals surface area contributed by atoms with Crippen LogP contribution in [-0.2, 0) is 4.79 Å². The van der Waals surface area contributed by atoms with E-state index in [1.54, 1.807) is 12.1 Å². The number of halogens is 1. The molecule has 0 radical (unpaired) electrons. The summed E-state index contributed by atoms with van der Waals surface area (Å²) >= 11 is 0. The van der Waals surface area contributed by atoms with Gasteiger partial charge in [0.1, 0.15) is 17.7 Å². The van der Waals surface area contributed by atoms with E-state index in [0.717, 1.165) is 38.7 Å². The monoisotopic (exact) mass is 407 g/mol. The summed E-state index contributed by atoms with van der Waals surface area (Å²) in [6, 6.07) is 6.30. The van der Waals surface area contributed by atoms with Crippen LogP contribution < -0.4 is 15.4 Å². The van der Waals surface area contributed by atoms with E-state index in [9.17, 15) is 9.18 Å². The maximum absolute atomic E-state index is 13.3. The summed E-state index contributed by atoms with van der Waals surface area (Å²) in [6.07, 6.45) is -0.175. The van der Waals surface area contributed by atoms with Crippen LogP contribution in [0.2, 0.25) is 0 Å². The number of hydrogen-bond acceptors (Lipinski definition) is 4. The van der Waals surface area contributed by atoms with E-state index in [1.807, 2.05) is 27.7 Å². The zero-order valence-corrected chi connectivity index (χ0v) is 17.9. The van der Waals surface area contributed by atoms with Gasteiger partial charge in [0, 0.05) is 44.8 Å². The first-order chi connectivity index (χ1) is 13.9. The van der Waals surface area contributed by atoms with Gasteiger partial charge in [-0.2, -0.15) is 0 Å². The Morgan fingerprint density at radius 2 is 1.97 bits per heavy atom. The van der Waals surface area contributed by atoms with Crippen LogP contribution in [0.25, 0.3) is 0 Å². The molecule has 1 atom stereocenters. The second-order valence-corrected chi connectivity index (χ2v) is 7.57. The van der Waals surface area contributed by atoms with Gasteiger partial charge in [0.2, 0.25) is 5.91 Å². The van der Waals surface area contributed by atoms with Gasteiger partial charge in [0.25, 0.3) is 0 Å². The number of carbonyl (C=O) groups excluding carboxylic acids is 1. The van der Waals surface area contributed by atoms with Crippen molar-refractivity contribution in [3.8, 4) is 5.75 Å². The quantitative estimate of drug-likeness (QED) is 0.507. The molecular formula is C21H34FN5O2. The lowest BCUT2D eigenvalue weighted by atomic mass is 10.3. The highest BCUT2D eigenvalue weighted by Crippen LogP contribution is 2.14. The van der Waals surface area contributed by atoms with Crippen LogP contribution in [-0.4, -0.2) is 79.6 Å². The minimum Gasteiger partial charge on any atom is -0.489 e. The first kappa shape index (κ1) is 22.9. The van der Waals surface area contributed by atoms with Crippen molar-refractivity contribution in [3.63, 3.8) is 0 Å². The Bertz CT molecular complexity index is 675. The molecule has 1 fully saturated rings. The van der Waals surface area contributed by atoms with Crippen molar-refractivity contribution in [3.05, 3.63) is 30.1 Å². The molecule has 2 rings (SSSR count). The number of hydrogen-bond donors (Lipinski definition) is 2. The van der Waals surface area contributed by atoms with E-state index in [1.165, 1.54) is 12.1 Å². The van der Waals surface area contributed by atoms with Crippen molar-refractivity contribution < 1.29 is 13.9 Å². The third kappa shape index (κ3) is 8.27. The van der Waals surface area contributed by atoms with Crippen LogP contribution >= 0.6 is 0 Å². The van der Waals surface area contributed by atoms with Crippen LogP contribution in [0.5, 0.6) is 5.75 Å². The van der Waals surface area contributed by atoms with E-state index >= 15 is 0 Å². The fraction of sp³-hybridized carbons (Fsp3) is 0.619. The number of benzene rings is 1. The minimum atomic E-state index is -0.313. The van der Waals surface area contributed by atoms with Crippen molar-refractivity contribution >= 4 is 11.9 Å². The van der Waals surface area contributed by atoms with E-state index in [-0.39, 0.29) is 23.9 Å². The van der Waals surface area contributed by atoms with Crippen molar-refractivity contribution in [2.75, 3.05) is 45.8 Å². The minimum absolute atomic E-state index is 0.0670. The molecule has 1 aliphatic heterocycles. The van der Waals surface area contributed by atoms with Crippen LogP contribution in [0.15, 0.2) is 29.3 Å². The lowest BCUT2D eigenvalue weighted by Crippen LogP contribution is -2.54. The number of nitrogens with zero attached hydrogens (tertiary/aromatic N) is 3. The summed E-state index contributed by atoms with van der Waals surface area (Å²) in [5.74, 6) is 1.10. The Morgan fingerprint density at radius 3 is 2.59 bits per heavy atom. The topological polar surface area (TPSA) is 69.2 Å². The van der Waals surface area contributed by atoms with Gasteiger partial charge in [0.15, 0.2) is 5.96 Å². The molecule has 1 heterocycles. The normalized spacial score (nSPS) is 16.6. The maximum atomic E-state index is 13.3. The molecule has 0 saturated carbocycles. The molecule has 1 aliphatic rings. The second-order valence-electron chi connectivity index (χ2n) is 7.57. The molecule has 1 saturated heterocycles. The van der Waals surface area contributed by atoms with Crippen molar-refractivity contribution in [2.24, 2.45) is 4.99 Å². The van der Waals surface area contributed by atoms with Crippen molar-refractivity contribution in [2.45, 2.75) is 39.8 Å². The first-order valence-corrected chi connectivity index (χ1v) is 10.3. The average molecular weight is 408 g/mol. The summed E-state index contributed by atoms with van der Waals surface area (Å²) in [6.45, 7) is 12.8. The fourth-order valence-corrected chi connectivity index (χ4v) is 3.14. The third-order valence-corrected chi connectivity index (χ3v) is 4.46. The number of ether oxygens (including phenoxy) is 1. The number of aliphatic imine (C=N–C) groups is 1. The number of guanidine groups is 1. The lowest BCUT2D eigenvalue weighted by Gasteiger charge is -2.36. The van der Waals surface area contributed by atoms with Crippen molar-refractivity contribution in [1.29, 1.82) is 0 Å². The van der Waals surface area contributed by atoms with Gasteiger partial charge in [-0.1, -0.05) is 6.07 Å². The van der Waals surface area contributed by atoms with E-state index in [4.69, 9.17) is 9.73 Å². The summed E-state index contributed by atoms with van der Waals surface area (Å²) in [5.41, 5.74) is 0. The second kappa shape index (κ2) is 11.6. The maximum Gasteiger partial charge on any atom is 0.234 e. The molecule has 29 heavy (non-hydrogen) atoms. The molecule has 7 nitrogen and oxygen atoms in total. The number of nitrogens with one attached hydrogen (secondary N) is 2. The molecule has 1 unspecified atom stereocenters. The number of rotatable bonds is 8. The van der Waals surface area contributed by atoms with Crippen molar-refractivity contribution in [1.82, 2.24) is 20.4 Å². The highest BCUT2D eigenvalue weighted by atomic mass is 19.1. The largest absolute Gasteiger partial charge is 0.489 e. The van der Waals surface area contributed by atoms with Gasteiger partial charge < -0.3 is 20.3 Å². The summed E-state index contributed by atoms with van der Waals surface area (Å²) in [4.78, 5) is 21.0. The van der Waals surface area contributed by atoms with Crippen LogP contribution in [0.4, 0.5) is 4.39 Å². The Labute approximate surface area is 173 Å². The van der Waals surface area contributed by atoms with Crippen LogP contribution in [0, 0.1) is 5.82 Å². The number of amides is 1. The number of piperazine rings is 1. The van der Waals surface area contributed by atoms with Crippen LogP contribution in [0.3, 0.4) is 0 Å². The number of carbonyl (C=O) groups is 1. The molecule has 2 N–H and O–H groups in total. The fourth-order valence-electron chi connectivity index (χ4n) is 3.14. The highest BCUT2D eigenvalue weighted by Gasteiger charge is 2.21. The van der Waals surface area contributed by atoms with Gasteiger partial charge in [-0.05, 0) is 39.8 Å². The SMILES string of the molecule is CCNC(=NCC(C)Oc1cccc(F)c1)N1CCN(CC(=O)NC(C)C)CC1. The molecular weight excluding hydrogens is 373 g/mol. The standard InChI is InChI=1S/C21H34FN5O2/c1-5-23-21(24-14-17(4)29-19-8-6-7-18(22)13-19)27-11-9-26(10-12-27)15-20(28)25-16(2)3/h6-8,13,16-17H,5,9-12,14-15H2,1-4H3,(H,23,24)(H,25,28). The van der Waals surface area contributed by atoms with Gasteiger partial charge in [-0.25, -0.2) is 9.38 Å². The molecule has 0 aliphatic carbocycles. The molecule has 1 amide bonds. The molecule has 1 aromatic rings. The van der Waals surface area contributed by atoms with E-state index < -0.39 is 0 Å². The highest BCUT2D eigenvalue weighted by molar-refractivity contribution is 5.80. The van der Waals surface area contributed by atoms with E-state index in [2.05, 4.69) is 20.4 Å². The Kier molecular flexibility index (Phi) is 9.18. The Morgan fingerprint density at radius 1 is 1.24 bits per heavy atom. The summed E-state index contributed by atoms with van der Waals surface area (Å²) < 4.78 is 19.1. The first-order valence-electron chi connectivity index (χ1n) is 10.3. The molecule has 162 valence electrons. The van der Waals surface area contributed by atoms with Gasteiger partial charge in [-0.15, -0.1) is 0 Å². The van der Waals surface area contributed by atoms with E-state index in [0.29, 0.717) is 18.8 Å². The van der Waals surface area contributed by atoms with Crippen LogP contribution in [0.1, 0.15) is 27.7 Å². The predicted molar refractivity (Wildman–Crippen MR) is 114 cm³/mol. The molecule has 1 aromatic carbocycles. The summed E-state index contributed by atoms with van der Waals surface area (Å²) in [7, 11) is 0. The lowest BCUT2D eigenvalue weighted by molar-refractivity contribution is -0.123. The summed E-state index contributed by atoms with van der Waals surface area (Å²) in [5, 5.41) is 6.26. The zero-order chi connectivity index (χ0) is 21.2. The molecule has 8 heteroatoms. The van der Waals surface area contributed by atoms with Gasteiger partial charge >= 0.3 is 0 Å². The van der Waals surface area contributed by atoms with Gasteiger partial charge in [0.05, 0.1) is 13.1 Å². The molecule has 0 bridgehead atoms. The molecule has 0 aromatic heterocycles. The molecule has 0 spiro atoms. The van der Waals surface area contributed by atoms with Gasteiger partial charge in [-0.3, -0.25) is 9.69 Å².